The summed E-state index contributed by atoms with van der Waals surface area (Å²) in [5.74, 6) is 1.17. The first-order chi connectivity index (χ1) is 7.93. The van der Waals surface area contributed by atoms with E-state index in [9.17, 15) is 0 Å². The van der Waals surface area contributed by atoms with E-state index < -0.39 is 0 Å². The molecule has 3 nitrogen and oxygen atoms in total. The average molecular weight is 217 g/mol. The van der Waals surface area contributed by atoms with Crippen molar-refractivity contribution < 1.29 is 0 Å². The molecule has 2 saturated heterocycles. The molecule has 1 aromatic heterocycles. The monoisotopic (exact) mass is 217 g/mol. The molecule has 2 fully saturated rings. The predicted octanol–water partition coefficient (Wildman–Crippen LogP) is 2.11. The van der Waals surface area contributed by atoms with Gasteiger partial charge in [-0.25, -0.2) is 4.98 Å². The molecular formula is C13H19N3. The van der Waals surface area contributed by atoms with Gasteiger partial charge in [-0.2, -0.15) is 0 Å². The maximum atomic E-state index is 4.80. The average Bonchev–Trinajstić information content (AvgIpc) is 3.03. The highest BCUT2D eigenvalue weighted by Gasteiger charge is 2.19. The van der Waals surface area contributed by atoms with E-state index in [1.807, 2.05) is 0 Å². The third kappa shape index (κ3) is 1.92. The smallest absolute Gasteiger partial charge is 0.128 e. The van der Waals surface area contributed by atoms with E-state index in [0.717, 1.165) is 6.54 Å². The zero-order valence-electron chi connectivity index (χ0n) is 9.65. The summed E-state index contributed by atoms with van der Waals surface area (Å²) >= 11 is 0. The Balaban J connectivity index is 1.81. The molecule has 0 aliphatic carbocycles. The SMILES string of the molecule is c1cc([C@@H]2CCCN2)nc(N2CCCC2)c1. The van der Waals surface area contributed by atoms with Crippen LogP contribution in [0.4, 0.5) is 5.82 Å². The van der Waals surface area contributed by atoms with Crippen molar-refractivity contribution >= 4 is 5.82 Å². The Morgan fingerprint density at radius 1 is 1.19 bits per heavy atom. The van der Waals surface area contributed by atoms with Gasteiger partial charge in [0.2, 0.25) is 0 Å². The fourth-order valence-electron chi connectivity index (χ4n) is 2.69. The minimum Gasteiger partial charge on any atom is -0.357 e. The zero-order valence-corrected chi connectivity index (χ0v) is 9.65. The van der Waals surface area contributed by atoms with Gasteiger partial charge in [0.05, 0.1) is 5.69 Å². The van der Waals surface area contributed by atoms with Crippen molar-refractivity contribution in [3.8, 4) is 0 Å². The largest absolute Gasteiger partial charge is 0.357 e. The minimum atomic E-state index is 0.488. The third-order valence-electron chi connectivity index (χ3n) is 3.60. The Morgan fingerprint density at radius 2 is 2.06 bits per heavy atom. The van der Waals surface area contributed by atoms with Crippen LogP contribution in [-0.2, 0) is 0 Å². The molecule has 2 aliphatic heterocycles. The Hall–Kier alpha value is -1.09. The molecule has 0 spiro atoms. The predicted molar refractivity (Wildman–Crippen MR) is 65.7 cm³/mol. The number of pyridine rings is 1. The molecular weight excluding hydrogens is 198 g/mol. The summed E-state index contributed by atoms with van der Waals surface area (Å²) in [6, 6.07) is 6.94. The topological polar surface area (TPSA) is 28.2 Å². The van der Waals surface area contributed by atoms with Crippen LogP contribution in [-0.4, -0.2) is 24.6 Å². The zero-order chi connectivity index (χ0) is 10.8. The van der Waals surface area contributed by atoms with Gasteiger partial charge in [0, 0.05) is 19.1 Å². The van der Waals surface area contributed by atoms with E-state index in [1.54, 1.807) is 0 Å². The van der Waals surface area contributed by atoms with E-state index in [4.69, 9.17) is 4.98 Å². The molecule has 3 heterocycles. The molecule has 1 N–H and O–H groups in total. The number of nitrogens with one attached hydrogen (secondary N) is 1. The molecule has 16 heavy (non-hydrogen) atoms. The molecule has 0 aromatic carbocycles. The van der Waals surface area contributed by atoms with E-state index in [0.29, 0.717) is 6.04 Å². The van der Waals surface area contributed by atoms with E-state index >= 15 is 0 Å². The van der Waals surface area contributed by atoms with Crippen molar-refractivity contribution in [3.05, 3.63) is 23.9 Å². The van der Waals surface area contributed by atoms with Crippen molar-refractivity contribution in [3.63, 3.8) is 0 Å². The molecule has 86 valence electrons. The molecule has 0 unspecified atom stereocenters. The van der Waals surface area contributed by atoms with Crippen molar-refractivity contribution in [2.24, 2.45) is 0 Å². The first kappa shape index (κ1) is 10.1. The van der Waals surface area contributed by atoms with Crippen molar-refractivity contribution in [1.82, 2.24) is 10.3 Å². The van der Waals surface area contributed by atoms with Crippen LogP contribution in [0.25, 0.3) is 0 Å². The lowest BCUT2D eigenvalue weighted by Gasteiger charge is -2.18. The molecule has 0 saturated carbocycles. The standard InChI is InChI=1S/C13H19N3/c1-2-10-16(9-1)13-7-3-5-12(15-13)11-6-4-8-14-11/h3,5,7,11,14H,1-2,4,6,8-10H2/t11-/m0/s1. The first-order valence-electron chi connectivity index (χ1n) is 6.39. The number of anilines is 1. The quantitative estimate of drug-likeness (QED) is 0.822. The van der Waals surface area contributed by atoms with Gasteiger partial charge >= 0.3 is 0 Å². The van der Waals surface area contributed by atoms with E-state index in [2.05, 4.69) is 28.4 Å². The third-order valence-corrected chi connectivity index (χ3v) is 3.60. The molecule has 3 heteroatoms. The Labute approximate surface area is 96.9 Å². The van der Waals surface area contributed by atoms with Crippen LogP contribution in [0.5, 0.6) is 0 Å². The van der Waals surface area contributed by atoms with Crippen molar-refractivity contribution in [2.45, 2.75) is 31.7 Å². The summed E-state index contributed by atoms with van der Waals surface area (Å²) < 4.78 is 0. The minimum absolute atomic E-state index is 0.488. The van der Waals surface area contributed by atoms with Gasteiger partial charge in [-0.3, -0.25) is 0 Å². The number of hydrogen-bond donors (Lipinski definition) is 1. The fourth-order valence-corrected chi connectivity index (χ4v) is 2.69. The molecule has 1 atom stereocenters. The molecule has 2 aliphatic rings. The summed E-state index contributed by atoms with van der Waals surface area (Å²) in [6.45, 7) is 3.49. The lowest BCUT2D eigenvalue weighted by molar-refractivity contribution is 0.627. The van der Waals surface area contributed by atoms with Crippen LogP contribution in [0.15, 0.2) is 18.2 Å². The first-order valence-corrected chi connectivity index (χ1v) is 6.39. The normalized spacial score (nSPS) is 25.2. The summed E-state index contributed by atoms with van der Waals surface area (Å²) in [5, 5.41) is 3.51. The van der Waals surface area contributed by atoms with Gasteiger partial charge in [-0.05, 0) is 44.4 Å². The lowest BCUT2D eigenvalue weighted by atomic mass is 10.1. The van der Waals surface area contributed by atoms with Gasteiger partial charge in [-0.15, -0.1) is 0 Å². The molecule has 3 rings (SSSR count). The summed E-state index contributed by atoms with van der Waals surface area (Å²) in [7, 11) is 0. The number of aromatic nitrogens is 1. The van der Waals surface area contributed by atoms with Gasteiger partial charge in [0.25, 0.3) is 0 Å². The fraction of sp³-hybridized carbons (Fsp3) is 0.615. The Kier molecular flexibility index (Phi) is 2.79. The maximum absolute atomic E-state index is 4.80. The highest BCUT2D eigenvalue weighted by Crippen LogP contribution is 2.24. The van der Waals surface area contributed by atoms with Crippen molar-refractivity contribution in [1.29, 1.82) is 0 Å². The van der Waals surface area contributed by atoms with Gasteiger partial charge < -0.3 is 10.2 Å². The summed E-state index contributed by atoms with van der Waals surface area (Å²) in [4.78, 5) is 7.20. The van der Waals surface area contributed by atoms with Crippen LogP contribution >= 0.6 is 0 Å². The van der Waals surface area contributed by atoms with Crippen molar-refractivity contribution in [2.75, 3.05) is 24.5 Å². The van der Waals surface area contributed by atoms with E-state index in [-0.39, 0.29) is 0 Å². The number of nitrogens with zero attached hydrogens (tertiary/aromatic N) is 2. The highest BCUT2D eigenvalue weighted by atomic mass is 15.2. The van der Waals surface area contributed by atoms with E-state index in [1.165, 1.54) is 50.3 Å². The van der Waals surface area contributed by atoms with Crippen LogP contribution in [0.3, 0.4) is 0 Å². The molecule has 0 amide bonds. The number of hydrogen-bond acceptors (Lipinski definition) is 3. The highest BCUT2D eigenvalue weighted by molar-refractivity contribution is 5.40. The maximum Gasteiger partial charge on any atom is 0.128 e. The lowest BCUT2D eigenvalue weighted by Crippen LogP contribution is -2.21. The van der Waals surface area contributed by atoms with Crippen LogP contribution < -0.4 is 10.2 Å². The van der Waals surface area contributed by atoms with Gasteiger partial charge in [-0.1, -0.05) is 6.07 Å². The second kappa shape index (κ2) is 4.42. The summed E-state index contributed by atoms with van der Waals surface area (Å²) in [6.07, 6.45) is 5.14. The van der Waals surface area contributed by atoms with Gasteiger partial charge in [0.15, 0.2) is 0 Å². The van der Waals surface area contributed by atoms with Crippen LogP contribution in [0.1, 0.15) is 37.4 Å². The summed E-state index contributed by atoms with van der Waals surface area (Å²) in [5.41, 5.74) is 1.22. The Bertz CT molecular complexity index is 321. The second-order valence-electron chi connectivity index (χ2n) is 4.76. The Morgan fingerprint density at radius 3 is 2.81 bits per heavy atom. The van der Waals surface area contributed by atoms with Crippen LogP contribution in [0.2, 0.25) is 0 Å². The van der Waals surface area contributed by atoms with Gasteiger partial charge in [0.1, 0.15) is 5.82 Å². The molecule has 0 bridgehead atoms. The second-order valence-corrected chi connectivity index (χ2v) is 4.76. The number of rotatable bonds is 2. The molecule has 0 radical (unpaired) electrons. The van der Waals surface area contributed by atoms with Crippen LogP contribution in [0, 0.1) is 0 Å². The molecule has 1 aromatic rings.